The number of halogens is 4. The monoisotopic (exact) mass is 492 g/mol. The average Bonchev–Trinajstić information content (AvgIpc) is 2.83. The lowest BCUT2D eigenvalue weighted by atomic mass is 10.1. The number of alkyl halides is 3. The molecule has 0 amide bonds. The van der Waals surface area contributed by atoms with E-state index in [-0.39, 0.29) is 17.3 Å². The zero-order valence-electron chi connectivity index (χ0n) is 18.2. The third kappa shape index (κ3) is 6.41. The van der Waals surface area contributed by atoms with Gasteiger partial charge in [0.25, 0.3) is 0 Å². The van der Waals surface area contributed by atoms with Crippen LogP contribution >= 0.6 is 11.6 Å². The van der Waals surface area contributed by atoms with E-state index in [4.69, 9.17) is 21.1 Å². The Hall–Kier alpha value is -3.72. The van der Waals surface area contributed by atoms with E-state index >= 15 is 0 Å². The van der Waals surface area contributed by atoms with Crippen molar-refractivity contribution < 1.29 is 32.2 Å². The molecule has 0 aromatic heterocycles. The van der Waals surface area contributed by atoms with Gasteiger partial charge in [0.15, 0.2) is 11.5 Å². The molecule has 0 fully saturated rings. The van der Waals surface area contributed by atoms with Crippen LogP contribution in [0.15, 0.2) is 65.8 Å². The SMILES string of the molecule is COC(=O)c1ccc(COc2ccc(/C=N\Nc3cc(C(F)(F)F)ccc3Cl)cc2OC)cc1. The molecule has 3 aromatic carbocycles. The Labute approximate surface area is 198 Å². The average molecular weight is 493 g/mol. The fourth-order valence-corrected chi connectivity index (χ4v) is 3.02. The summed E-state index contributed by atoms with van der Waals surface area (Å²) in [5.41, 5.74) is 3.60. The van der Waals surface area contributed by atoms with E-state index in [2.05, 4.69) is 15.3 Å². The molecule has 178 valence electrons. The minimum absolute atomic E-state index is 0.0258. The van der Waals surface area contributed by atoms with Gasteiger partial charge in [-0.1, -0.05) is 23.7 Å². The lowest BCUT2D eigenvalue weighted by molar-refractivity contribution is -0.137. The molecule has 0 saturated carbocycles. The predicted octanol–water partition coefficient (Wildman–Crippen LogP) is 6.18. The van der Waals surface area contributed by atoms with Gasteiger partial charge in [0, 0.05) is 0 Å². The molecule has 34 heavy (non-hydrogen) atoms. The van der Waals surface area contributed by atoms with Gasteiger partial charge in [0.05, 0.1) is 42.3 Å². The van der Waals surface area contributed by atoms with Crippen LogP contribution in [-0.4, -0.2) is 26.4 Å². The Kier molecular flexibility index (Phi) is 8.01. The maximum Gasteiger partial charge on any atom is 0.416 e. The molecule has 1 N–H and O–H groups in total. The van der Waals surface area contributed by atoms with Gasteiger partial charge >= 0.3 is 12.1 Å². The summed E-state index contributed by atoms with van der Waals surface area (Å²) >= 11 is 5.95. The van der Waals surface area contributed by atoms with Crippen molar-refractivity contribution in [2.75, 3.05) is 19.6 Å². The van der Waals surface area contributed by atoms with Gasteiger partial charge in [-0.3, -0.25) is 5.43 Å². The number of methoxy groups -OCH3 is 2. The fraction of sp³-hybridized carbons (Fsp3) is 0.167. The molecule has 0 radical (unpaired) electrons. The van der Waals surface area contributed by atoms with Crippen molar-refractivity contribution in [2.45, 2.75) is 12.8 Å². The molecule has 0 bridgehead atoms. The lowest BCUT2D eigenvalue weighted by Gasteiger charge is -2.12. The van der Waals surface area contributed by atoms with Crippen LogP contribution in [0.3, 0.4) is 0 Å². The second kappa shape index (κ2) is 10.9. The number of hydrogen-bond donors (Lipinski definition) is 1. The van der Waals surface area contributed by atoms with Crippen LogP contribution in [-0.2, 0) is 17.5 Å². The summed E-state index contributed by atoms with van der Waals surface area (Å²) in [7, 11) is 2.80. The van der Waals surface area contributed by atoms with Gasteiger partial charge in [-0.25, -0.2) is 4.79 Å². The van der Waals surface area contributed by atoms with Crippen molar-refractivity contribution in [3.63, 3.8) is 0 Å². The second-order valence-corrected chi connectivity index (χ2v) is 7.36. The first kappa shape index (κ1) is 24.9. The number of hydrogen-bond acceptors (Lipinski definition) is 6. The minimum Gasteiger partial charge on any atom is -0.493 e. The van der Waals surface area contributed by atoms with Crippen molar-refractivity contribution in [1.82, 2.24) is 0 Å². The van der Waals surface area contributed by atoms with Crippen molar-refractivity contribution in [3.05, 3.63) is 87.9 Å². The zero-order valence-corrected chi connectivity index (χ0v) is 18.9. The molecule has 10 heteroatoms. The molecule has 0 aliphatic carbocycles. The minimum atomic E-state index is -4.49. The molecule has 3 aromatic rings. The number of anilines is 1. The van der Waals surface area contributed by atoms with E-state index in [1.807, 2.05) is 0 Å². The van der Waals surface area contributed by atoms with E-state index < -0.39 is 17.7 Å². The summed E-state index contributed by atoms with van der Waals surface area (Å²) in [6.45, 7) is 0.237. The van der Waals surface area contributed by atoms with Gasteiger partial charge in [0.2, 0.25) is 0 Å². The molecule has 0 unspecified atom stereocenters. The first-order valence-corrected chi connectivity index (χ1v) is 10.2. The highest BCUT2D eigenvalue weighted by atomic mass is 35.5. The number of nitrogens with one attached hydrogen (secondary N) is 1. The van der Waals surface area contributed by atoms with Crippen LogP contribution in [0.5, 0.6) is 11.5 Å². The van der Waals surface area contributed by atoms with Crippen LogP contribution in [0.4, 0.5) is 18.9 Å². The van der Waals surface area contributed by atoms with Crippen LogP contribution in [0.25, 0.3) is 0 Å². The Morgan fingerprint density at radius 1 is 1.03 bits per heavy atom. The van der Waals surface area contributed by atoms with Gasteiger partial charge < -0.3 is 14.2 Å². The number of nitrogens with zero attached hydrogens (tertiary/aromatic N) is 1. The Balaban J connectivity index is 1.66. The number of rotatable bonds is 8. The van der Waals surface area contributed by atoms with Crippen LogP contribution in [0, 0.1) is 0 Å². The first-order valence-electron chi connectivity index (χ1n) is 9.85. The summed E-state index contributed by atoms with van der Waals surface area (Å²) in [5.74, 6) is 0.494. The highest BCUT2D eigenvalue weighted by Crippen LogP contribution is 2.34. The van der Waals surface area contributed by atoms with E-state index in [1.165, 1.54) is 20.4 Å². The number of benzene rings is 3. The second-order valence-electron chi connectivity index (χ2n) is 6.95. The summed E-state index contributed by atoms with van der Waals surface area (Å²) in [6, 6.07) is 14.8. The van der Waals surface area contributed by atoms with Crippen molar-refractivity contribution in [1.29, 1.82) is 0 Å². The Morgan fingerprint density at radius 3 is 2.41 bits per heavy atom. The highest BCUT2D eigenvalue weighted by molar-refractivity contribution is 6.33. The lowest BCUT2D eigenvalue weighted by Crippen LogP contribution is -2.05. The predicted molar refractivity (Wildman–Crippen MR) is 123 cm³/mol. The number of carbonyl (C=O) groups excluding carboxylic acids is 1. The quantitative estimate of drug-likeness (QED) is 0.231. The van der Waals surface area contributed by atoms with E-state index in [9.17, 15) is 18.0 Å². The fourth-order valence-electron chi connectivity index (χ4n) is 2.86. The van der Waals surface area contributed by atoms with Crippen molar-refractivity contribution in [3.8, 4) is 11.5 Å². The van der Waals surface area contributed by atoms with Gasteiger partial charge in [-0.2, -0.15) is 18.3 Å². The standard InChI is InChI=1S/C24H20ClF3N2O4/c1-32-22-11-16(13-29-30-20-12-18(24(26,27)28)8-9-19(20)25)5-10-21(22)34-14-15-3-6-17(7-4-15)23(31)33-2/h3-13,30H,14H2,1-2H3/b29-13-. The number of ether oxygens (including phenoxy) is 3. The van der Waals surface area contributed by atoms with Gasteiger partial charge in [0.1, 0.15) is 6.61 Å². The van der Waals surface area contributed by atoms with Crippen LogP contribution in [0.1, 0.15) is 27.0 Å². The molecule has 0 saturated heterocycles. The summed E-state index contributed by atoms with van der Waals surface area (Å²) in [5, 5.41) is 4.07. The maximum absolute atomic E-state index is 12.9. The maximum atomic E-state index is 12.9. The summed E-state index contributed by atoms with van der Waals surface area (Å²) in [4.78, 5) is 11.5. The largest absolute Gasteiger partial charge is 0.493 e. The van der Waals surface area contributed by atoms with Crippen molar-refractivity contribution >= 4 is 29.5 Å². The van der Waals surface area contributed by atoms with Gasteiger partial charge in [-0.05, 0) is 59.7 Å². The zero-order chi connectivity index (χ0) is 24.7. The molecular weight excluding hydrogens is 473 g/mol. The summed E-state index contributed by atoms with van der Waals surface area (Å²) < 4.78 is 54.5. The van der Waals surface area contributed by atoms with Crippen LogP contribution in [0.2, 0.25) is 5.02 Å². The van der Waals surface area contributed by atoms with E-state index in [1.54, 1.807) is 42.5 Å². The summed E-state index contributed by atoms with van der Waals surface area (Å²) in [6.07, 6.45) is -3.08. The molecule has 0 aliphatic heterocycles. The number of carbonyl (C=O) groups is 1. The molecule has 0 heterocycles. The molecular formula is C24H20ClF3N2O4. The van der Waals surface area contributed by atoms with Gasteiger partial charge in [-0.15, -0.1) is 0 Å². The number of hydrazone groups is 1. The normalized spacial score (nSPS) is 11.4. The Bertz CT molecular complexity index is 1180. The Morgan fingerprint density at radius 2 is 1.76 bits per heavy atom. The molecule has 3 rings (SSSR count). The third-order valence-electron chi connectivity index (χ3n) is 4.65. The molecule has 6 nitrogen and oxygen atoms in total. The van der Waals surface area contributed by atoms with Crippen LogP contribution < -0.4 is 14.9 Å². The molecule has 0 aliphatic rings. The van der Waals surface area contributed by atoms with E-state index in [0.717, 1.165) is 23.8 Å². The molecule has 0 spiro atoms. The third-order valence-corrected chi connectivity index (χ3v) is 4.98. The first-order chi connectivity index (χ1) is 16.2. The molecule has 0 atom stereocenters. The topological polar surface area (TPSA) is 69.2 Å². The smallest absolute Gasteiger partial charge is 0.416 e. The highest BCUT2D eigenvalue weighted by Gasteiger charge is 2.30. The van der Waals surface area contributed by atoms with E-state index in [0.29, 0.717) is 22.6 Å². The number of esters is 1. The van der Waals surface area contributed by atoms with Crippen molar-refractivity contribution in [2.24, 2.45) is 5.10 Å².